The molecule has 1 rings (SSSR count). The molecule has 2 N–H and O–H groups in total. The van der Waals surface area contributed by atoms with Gasteiger partial charge in [0.2, 0.25) is 5.91 Å². The molecule has 0 atom stereocenters. The Kier molecular flexibility index (Phi) is 5.81. The van der Waals surface area contributed by atoms with Crippen LogP contribution in [0.2, 0.25) is 0 Å². The van der Waals surface area contributed by atoms with E-state index in [0.717, 1.165) is 32.5 Å². The molecule has 0 aromatic carbocycles. The maximum Gasteiger partial charge on any atom is 0.234 e. The predicted octanol–water partition coefficient (Wildman–Crippen LogP) is 2.09. The highest BCUT2D eigenvalue weighted by atomic mass is 16.5. The zero-order valence-electron chi connectivity index (χ0n) is 13.1. The summed E-state index contributed by atoms with van der Waals surface area (Å²) in [6, 6.07) is 0.286. The van der Waals surface area contributed by atoms with Gasteiger partial charge in [-0.15, -0.1) is 0 Å². The van der Waals surface area contributed by atoms with Gasteiger partial charge in [-0.2, -0.15) is 0 Å². The third-order valence-corrected chi connectivity index (χ3v) is 3.29. The Hall–Kier alpha value is -0.610. The lowest BCUT2D eigenvalue weighted by molar-refractivity contribution is -0.121. The molecule has 1 amide bonds. The van der Waals surface area contributed by atoms with Crippen molar-refractivity contribution in [1.82, 2.24) is 10.6 Å². The molecule has 1 fully saturated rings. The van der Waals surface area contributed by atoms with E-state index in [1.54, 1.807) is 0 Å². The molecule has 0 bridgehead atoms. The van der Waals surface area contributed by atoms with Gasteiger partial charge in [0, 0.05) is 24.8 Å². The van der Waals surface area contributed by atoms with Gasteiger partial charge in [-0.05, 0) is 38.5 Å². The highest BCUT2D eigenvalue weighted by Gasteiger charge is 2.26. The molecule has 0 unspecified atom stereocenters. The molecule has 112 valence electrons. The van der Waals surface area contributed by atoms with Crippen molar-refractivity contribution < 1.29 is 9.53 Å². The van der Waals surface area contributed by atoms with Crippen LogP contribution in [0.1, 0.15) is 53.9 Å². The number of nitrogens with one attached hydrogen (secondary N) is 2. The Bertz CT molecular complexity index is 289. The van der Waals surface area contributed by atoms with E-state index in [4.69, 9.17) is 4.74 Å². The van der Waals surface area contributed by atoms with Gasteiger partial charge in [-0.25, -0.2) is 0 Å². The molecular formula is C15H30N2O2. The minimum atomic E-state index is -0.0226. The molecular weight excluding hydrogens is 240 g/mol. The quantitative estimate of drug-likeness (QED) is 0.804. The number of hydrogen-bond acceptors (Lipinski definition) is 3. The first-order valence-corrected chi connectivity index (χ1v) is 7.30. The molecule has 0 aromatic rings. The fourth-order valence-corrected chi connectivity index (χ4v) is 2.83. The molecule has 1 saturated heterocycles. The van der Waals surface area contributed by atoms with Gasteiger partial charge in [-0.3, -0.25) is 4.79 Å². The summed E-state index contributed by atoms with van der Waals surface area (Å²) in [5.74, 6) is 0.0916. The maximum absolute atomic E-state index is 11.9. The topological polar surface area (TPSA) is 50.4 Å². The second kappa shape index (κ2) is 6.71. The number of carbonyl (C=O) groups is 1. The van der Waals surface area contributed by atoms with Crippen LogP contribution >= 0.6 is 0 Å². The van der Waals surface area contributed by atoms with Gasteiger partial charge >= 0.3 is 0 Å². The molecule has 19 heavy (non-hydrogen) atoms. The predicted molar refractivity (Wildman–Crippen MR) is 78.1 cm³/mol. The van der Waals surface area contributed by atoms with E-state index >= 15 is 0 Å². The number of ether oxygens (including phenoxy) is 1. The first-order chi connectivity index (χ1) is 8.68. The van der Waals surface area contributed by atoms with Crippen LogP contribution in [-0.4, -0.2) is 37.2 Å². The SMILES string of the molecule is CC(C)(C)CC(C)(C)NCC(=O)NC1CCOCC1. The number of amides is 1. The van der Waals surface area contributed by atoms with Crippen LogP contribution in [0.3, 0.4) is 0 Å². The number of hydrogen-bond donors (Lipinski definition) is 2. The lowest BCUT2D eigenvalue weighted by atomic mass is 9.82. The van der Waals surface area contributed by atoms with Gasteiger partial charge in [0.05, 0.1) is 6.54 Å². The lowest BCUT2D eigenvalue weighted by Gasteiger charge is -2.33. The maximum atomic E-state index is 11.9. The molecule has 1 aliphatic rings. The normalized spacial score (nSPS) is 18.4. The van der Waals surface area contributed by atoms with Crippen LogP contribution in [0.25, 0.3) is 0 Å². The second-order valence-electron chi connectivity index (χ2n) is 7.43. The van der Waals surface area contributed by atoms with Crippen molar-refractivity contribution in [3.8, 4) is 0 Å². The monoisotopic (exact) mass is 270 g/mol. The molecule has 1 aliphatic heterocycles. The van der Waals surface area contributed by atoms with E-state index in [9.17, 15) is 4.79 Å². The lowest BCUT2D eigenvalue weighted by Crippen LogP contribution is -2.49. The molecule has 0 saturated carbocycles. The Labute approximate surface area is 117 Å². The Morgan fingerprint density at radius 2 is 1.74 bits per heavy atom. The van der Waals surface area contributed by atoms with Crippen LogP contribution in [0, 0.1) is 5.41 Å². The fraction of sp³-hybridized carbons (Fsp3) is 0.933. The average Bonchev–Trinajstić information content (AvgIpc) is 2.25. The van der Waals surface area contributed by atoms with Gasteiger partial charge in [0.25, 0.3) is 0 Å². The van der Waals surface area contributed by atoms with Crippen molar-refractivity contribution in [3.63, 3.8) is 0 Å². The average molecular weight is 270 g/mol. The minimum absolute atomic E-state index is 0.0226. The Morgan fingerprint density at radius 3 is 2.26 bits per heavy atom. The summed E-state index contributed by atoms with van der Waals surface area (Å²) in [6.45, 7) is 12.9. The summed E-state index contributed by atoms with van der Waals surface area (Å²) in [6.07, 6.45) is 2.89. The van der Waals surface area contributed by atoms with Crippen molar-refractivity contribution in [1.29, 1.82) is 0 Å². The van der Waals surface area contributed by atoms with Crippen molar-refractivity contribution in [2.24, 2.45) is 5.41 Å². The molecule has 0 radical (unpaired) electrons. The van der Waals surface area contributed by atoms with E-state index in [2.05, 4.69) is 45.3 Å². The third-order valence-electron chi connectivity index (χ3n) is 3.29. The van der Waals surface area contributed by atoms with E-state index in [-0.39, 0.29) is 22.9 Å². The molecule has 1 heterocycles. The van der Waals surface area contributed by atoms with Crippen LogP contribution in [0.15, 0.2) is 0 Å². The minimum Gasteiger partial charge on any atom is -0.381 e. The van der Waals surface area contributed by atoms with Gasteiger partial charge in [0.1, 0.15) is 0 Å². The van der Waals surface area contributed by atoms with Gasteiger partial charge in [-0.1, -0.05) is 20.8 Å². The highest BCUT2D eigenvalue weighted by Crippen LogP contribution is 2.26. The van der Waals surface area contributed by atoms with Gasteiger partial charge in [0.15, 0.2) is 0 Å². The second-order valence-corrected chi connectivity index (χ2v) is 7.43. The number of rotatable bonds is 5. The molecule has 4 heteroatoms. The third kappa shape index (κ3) is 7.53. The van der Waals surface area contributed by atoms with Crippen molar-refractivity contribution in [2.75, 3.05) is 19.8 Å². The van der Waals surface area contributed by atoms with E-state index in [1.165, 1.54) is 0 Å². The first kappa shape index (κ1) is 16.4. The zero-order valence-corrected chi connectivity index (χ0v) is 13.1. The van der Waals surface area contributed by atoms with Crippen LogP contribution in [-0.2, 0) is 9.53 Å². The van der Waals surface area contributed by atoms with Crippen LogP contribution in [0.5, 0.6) is 0 Å². The zero-order chi connectivity index (χ0) is 14.5. The molecule has 0 aliphatic carbocycles. The van der Waals surface area contributed by atoms with Crippen molar-refractivity contribution in [2.45, 2.75) is 65.5 Å². The van der Waals surface area contributed by atoms with E-state index < -0.39 is 0 Å². The van der Waals surface area contributed by atoms with Crippen molar-refractivity contribution in [3.05, 3.63) is 0 Å². The number of carbonyl (C=O) groups excluding carboxylic acids is 1. The Balaban J connectivity index is 2.28. The van der Waals surface area contributed by atoms with Crippen LogP contribution < -0.4 is 10.6 Å². The summed E-state index contributed by atoms with van der Waals surface area (Å²) in [4.78, 5) is 11.9. The Morgan fingerprint density at radius 1 is 1.16 bits per heavy atom. The van der Waals surface area contributed by atoms with Gasteiger partial charge < -0.3 is 15.4 Å². The summed E-state index contributed by atoms with van der Waals surface area (Å²) in [7, 11) is 0. The van der Waals surface area contributed by atoms with Crippen LogP contribution in [0.4, 0.5) is 0 Å². The molecule has 0 spiro atoms. The standard InChI is InChI=1S/C15H30N2O2/c1-14(2,3)11-15(4,5)16-10-13(18)17-12-6-8-19-9-7-12/h12,16H,6-11H2,1-5H3,(H,17,18). The smallest absolute Gasteiger partial charge is 0.234 e. The fourth-order valence-electron chi connectivity index (χ4n) is 2.83. The molecule has 0 aromatic heterocycles. The molecule has 4 nitrogen and oxygen atoms in total. The summed E-state index contributed by atoms with van der Waals surface area (Å²) < 4.78 is 5.28. The summed E-state index contributed by atoms with van der Waals surface area (Å²) >= 11 is 0. The first-order valence-electron chi connectivity index (χ1n) is 7.30. The largest absolute Gasteiger partial charge is 0.381 e. The van der Waals surface area contributed by atoms with Crippen molar-refractivity contribution >= 4 is 5.91 Å². The highest BCUT2D eigenvalue weighted by molar-refractivity contribution is 5.78. The van der Waals surface area contributed by atoms with E-state index in [1.807, 2.05) is 0 Å². The summed E-state index contributed by atoms with van der Waals surface area (Å²) in [5, 5.41) is 6.43. The summed E-state index contributed by atoms with van der Waals surface area (Å²) in [5.41, 5.74) is 0.235. The van der Waals surface area contributed by atoms with E-state index in [0.29, 0.717) is 6.54 Å².